The van der Waals surface area contributed by atoms with Crippen molar-refractivity contribution in [1.29, 1.82) is 0 Å². The number of anilines is 3. The minimum absolute atomic E-state index is 0.918. The molecule has 0 spiro atoms. The minimum Gasteiger partial charge on any atom is -0.311 e. The van der Waals surface area contributed by atoms with Crippen molar-refractivity contribution >= 4 is 28.7 Å². The molecule has 0 atom stereocenters. The Hall–Kier alpha value is -6.70. The highest BCUT2D eigenvalue weighted by molar-refractivity contribution is 5.95. The fourth-order valence-electron chi connectivity index (χ4n) is 7.46. The molecule has 8 aromatic rings. The molecule has 8 aromatic carbocycles. The van der Waals surface area contributed by atoms with Gasteiger partial charge in [-0.3, -0.25) is 0 Å². The van der Waals surface area contributed by atoms with Crippen LogP contribution in [0.5, 0.6) is 0 Å². The predicted molar refractivity (Wildman–Crippen MR) is 221 cm³/mol. The normalized spacial score (nSPS) is 12.6. The second-order valence-corrected chi connectivity index (χ2v) is 13.4. The summed E-state index contributed by atoms with van der Waals surface area (Å²) in [6, 6.07) is 74.4. The largest absolute Gasteiger partial charge is 0.311 e. The summed E-state index contributed by atoms with van der Waals surface area (Å²) >= 11 is 0. The number of hydrogen-bond donors (Lipinski definition) is 0. The van der Waals surface area contributed by atoms with Gasteiger partial charge in [-0.1, -0.05) is 170 Å². The first-order chi connectivity index (χ1) is 25.8. The van der Waals surface area contributed by atoms with E-state index < -0.39 is 0 Å². The first-order valence-corrected chi connectivity index (χ1v) is 18.0. The first kappa shape index (κ1) is 31.3. The zero-order valence-corrected chi connectivity index (χ0v) is 28.9. The van der Waals surface area contributed by atoms with Crippen LogP contribution in [0, 0.1) is 0 Å². The molecule has 0 aliphatic heterocycles. The Bertz CT molecular complexity index is 2400. The monoisotopic (exact) mass is 663 g/mol. The molecule has 1 nitrogen and oxygen atoms in total. The number of nitrogens with zero attached hydrogens (tertiary/aromatic N) is 1. The second kappa shape index (κ2) is 13.9. The van der Waals surface area contributed by atoms with E-state index in [4.69, 9.17) is 0 Å². The van der Waals surface area contributed by atoms with Gasteiger partial charge in [0.1, 0.15) is 0 Å². The maximum Gasteiger partial charge on any atom is 0.0462 e. The number of fused-ring (bicyclic) bond motifs is 3. The van der Waals surface area contributed by atoms with Gasteiger partial charge in [0.15, 0.2) is 0 Å². The topological polar surface area (TPSA) is 3.24 Å². The van der Waals surface area contributed by atoms with Crippen molar-refractivity contribution in [3.63, 3.8) is 0 Å². The van der Waals surface area contributed by atoms with Crippen molar-refractivity contribution < 1.29 is 0 Å². The lowest BCUT2D eigenvalue weighted by atomic mass is 9.80. The Morgan fingerprint density at radius 1 is 0.327 bits per heavy atom. The predicted octanol–water partition coefficient (Wildman–Crippen LogP) is 13.9. The van der Waals surface area contributed by atoms with Crippen LogP contribution in [-0.4, -0.2) is 0 Å². The summed E-state index contributed by atoms with van der Waals surface area (Å²) in [6.45, 7) is 0. The number of rotatable bonds is 7. The molecule has 0 aromatic heterocycles. The van der Waals surface area contributed by atoms with Gasteiger partial charge in [0.25, 0.3) is 0 Å². The van der Waals surface area contributed by atoms with Crippen molar-refractivity contribution in [1.82, 2.24) is 0 Å². The Balaban J connectivity index is 1.06. The lowest BCUT2D eigenvalue weighted by Gasteiger charge is -2.26. The van der Waals surface area contributed by atoms with Crippen molar-refractivity contribution in [2.45, 2.75) is 6.42 Å². The molecular weight excluding hydrogens is 627 g/mol. The van der Waals surface area contributed by atoms with Crippen LogP contribution in [0.4, 0.5) is 17.1 Å². The Morgan fingerprint density at radius 3 is 1.25 bits per heavy atom. The third-order valence-electron chi connectivity index (χ3n) is 10.1. The highest BCUT2D eigenvalue weighted by atomic mass is 15.1. The van der Waals surface area contributed by atoms with Crippen molar-refractivity contribution in [2.24, 2.45) is 0 Å². The van der Waals surface area contributed by atoms with Crippen LogP contribution in [0.15, 0.2) is 206 Å². The molecule has 0 bridgehead atoms. The van der Waals surface area contributed by atoms with E-state index >= 15 is 0 Å². The van der Waals surface area contributed by atoms with Crippen LogP contribution in [-0.2, 0) is 6.42 Å². The van der Waals surface area contributed by atoms with Gasteiger partial charge in [-0.25, -0.2) is 0 Å². The molecule has 0 fully saturated rings. The average molecular weight is 664 g/mol. The van der Waals surface area contributed by atoms with Crippen LogP contribution < -0.4 is 4.90 Å². The molecule has 246 valence electrons. The molecule has 0 radical (unpaired) electrons. The zero-order chi connectivity index (χ0) is 34.7. The molecular formula is C51H37N. The standard InChI is InChI=1S/C51H37N/c1-4-12-37(13-5-1)34-45-35-44-21-20-43(36-51(44)50-19-11-10-18-49(45)50)42-26-32-48(33-27-42)52(46-28-22-40(23-29-46)38-14-6-2-7-15-38)47-30-24-41(25-31-47)39-16-8-3-9-17-39/h1-34,36H,35H2/b45-34-. The fraction of sp³-hybridized carbons (Fsp3) is 0.0196. The lowest BCUT2D eigenvalue weighted by Crippen LogP contribution is -2.09. The van der Waals surface area contributed by atoms with E-state index in [2.05, 4.69) is 217 Å². The van der Waals surface area contributed by atoms with Crippen molar-refractivity contribution in [3.8, 4) is 44.5 Å². The SMILES string of the molecule is C(=C1\Cc2ccc(-c3ccc(N(c4ccc(-c5ccccc5)cc4)c4ccc(-c5ccccc5)cc4)cc3)cc2-c2ccccc21)/c1ccccc1. The van der Waals surface area contributed by atoms with Gasteiger partial charge in [-0.2, -0.15) is 0 Å². The highest BCUT2D eigenvalue weighted by Gasteiger charge is 2.21. The quantitative estimate of drug-likeness (QED) is 0.164. The van der Waals surface area contributed by atoms with Gasteiger partial charge < -0.3 is 4.90 Å². The maximum atomic E-state index is 2.38. The van der Waals surface area contributed by atoms with Crippen molar-refractivity contribution in [3.05, 3.63) is 223 Å². The smallest absolute Gasteiger partial charge is 0.0462 e. The summed E-state index contributed by atoms with van der Waals surface area (Å²) in [5.74, 6) is 0. The van der Waals surface area contributed by atoms with Gasteiger partial charge in [0.2, 0.25) is 0 Å². The van der Waals surface area contributed by atoms with Crippen LogP contribution in [0.2, 0.25) is 0 Å². The van der Waals surface area contributed by atoms with E-state index in [0.717, 1.165) is 23.5 Å². The molecule has 0 unspecified atom stereocenters. The van der Waals surface area contributed by atoms with Crippen LogP contribution in [0.1, 0.15) is 16.7 Å². The van der Waals surface area contributed by atoms with Gasteiger partial charge in [0, 0.05) is 17.1 Å². The zero-order valence-electron chi connectivity index (χ0n) is 28.9. The molecule has 0 saturated heterocycles. The summed E-state index contributed by atoms with van der Waals surface area (Å²) in [5, 5.41) is 0. The van der Waals surface area contributed by atoms with Crippen LogP contribution in [0.25, 0.3) is 56.2 Å². The fourth-order valence-corrected chi connectivity index (χ4v) is 7.46. The highest BCUT2D eigenvalue weighted by Crippen LogP contribution is 2.43. The van der Waals surface area contributed by atoms with E-state index in [0.29, 0.717) is 0 Å². The van der Waals surface area contributed by atoms with Crippen LogP contribution >= 0.6 is 0 Å². The Kier molecular flexibility index (Phi) is 8.37. The molecule has 0 saturated carbocycles. The summed E-state index contributed by atoms with van der Waals surface area (Å²) in [4.78, 5) is 2.34. The van der Waals surface area contributed by atoms with E-state index in [9.17, 15) is 0 Å². The number of hydrogen-bond acceptors (Lipinski definition) is 1. The molecule has 1 aliphatic rings. The summed E-state index contributed by atoms with van der Waals surface area (Å²) in [7, 11) is 0. The molecule has 1 heteroatoms. The number of benzene rings is 8. The maximum absolute atomic E-state index is 2.38. The van der Waals surface area contributed by atoms with Gasteiger partial charge in [-0.05, 0) is 116 Å². The molecule has 0 amide bonds. The summed E-state index contributed by atoms with van der Waals surface area (Å²) in [5.41, 5.74) is 18.5. The molecule has 1 aliphatic carbocycles. The minimum atomic E-state index is 0.918. The van der Waals surface area contributed by atoms with Gasteiger partial charge in [-0.15, -0.1) is 0 Å². The average Bonchev–Trinajstić information content (AvgIpc) is 3.23. The van der Waals surface area contributed by atoms with Crippen molar-refractivity contribution in [2.75, 3.05) is 4.90 Å². The molecule has 0 N–H and O–H groups in total. The third kappa shape index (κ3) is 6.25. The van der Waals surface area contributed by atoms with E-state index in [1.165, 1.54) is 66.8 Å². The number of allylic oxidation sites excluding steroid dienone is 1. The summed E-state index contributed by atoms with van der Waals surface area (Å²) < 4.78 is 0. The molecule has 9 rings (SSSR count). The molecule has 52 heavy (non-hydrogen) atoms. The Morgan fingerprint density at radius 2 is 0.731 bits per heavy atom. The van der Waals surface area contributed by atoms with Crippen LogP contribution in [0.3, 0.4) is 0 Å². The lowest BCUT2D eigenvalue weighted by molar-refractivity contribution is 1.25. The van der Waals surface area contributed by atoms with E-state index in [1.807, 2.05) is 0 Å². The Labute approximate surface area is 306 Å². The van der Waals surface area contributed by atoms with Gasteiger partial charge in [0.05, 0.1) is 0 Å². The van der Waals surface area contributed by atoms with E-state index in [-0.39, 0.29) is 0 Å². The third-order valence-corrected chi connectivity index (χ3v) is 10.1. The first-order valence-electron chi connectivity index (χ1n) is 18.0. The van der Waals surface area contributed by atoms with Gasteiger partial charge >= 0.3 is 0 Å². The summed E-state index contributed by atoms with van der Waals surface area (Å²) in [6.07, 6.45) is 3.26. The molecule has 0 heterocycles. The van der Waals surface area contributed by atoms with E-state index in [1.54, 1.807) is 0 Å². The second-order valence-electron chi connectivity index (χ2n) is 13.4.